The number of hydrogen-bond donors (Lipinski definition) is 2. The lowest BCUT2D eigenvalue weighted by atomic mass is 10.1. The molecule has 0 saturated carbocycles. The summed E-state index contributed by atoms with van der Waals surface area (Å²) < 4.78 is 0. The van der Waals surface area contributed by atoms with Crippen LogP contribution in [0.5, 0.6) is 0 Å². The van der Waals surface area contributed by atoms with Crippen LogP contribution in [-0.4, -0.2) is 14.1 Å². The van der Waals surface area contributed by atoms with E-state index in [-0.39, 0.29) is 0 Å². The van der Waals surface area contributed by atoms with Crippen molar-refractivity contribution in [2.75, 3.05) is 24.3 Å². The summed E-state index contributed by atoms with van der Waals surface area (Å²) in [7, 11) is 4.10. The molecule has 0 aliphatic heterocycles. The third-order valence-electron chi connectivity index (χ3n) is 3.46. The van der Waals surface area contributed by atoms with Gasteiger partial charge in [-0.05, 0) is 41.8 Å². The normalized spacial score (nSPS) is 10.4. The fraction of sp³-hybridized carbons (Fsp3) is 0.294. The fourth-order valence-corrected chi connectivity index (χ4v) is 2.16. The molecule has 0 radical (unpaired) electrons. The van der Waals surface area contributed by atoms with Crippen molar-refractivity contribution in [2.45, 2.75) is 20.0 Å². The lowest BCUT2D eigenvalue weighted by molar-refractivity contribution is 1.06. The standard InChI is InChI=1S/C17H23N3/c1-13-10-15(11-18)6-9-17(13)19-12-14-4-7-16(8-5-14)20(2)3/h4-10,19H,11-12,18H2,1-3H3. The molecule has 0 spiro atoms. The number of rotatable bonds is 5. The van der Waals surface area contributed by atoms with Crippen LogP contribution in [0.25, 0.3) is 0 Å². The number of nitrogens with one attached hydrogen (secondary N) is 1. The first-order valence-corrected chi connectivity index (χ1v) is 6.90. The second-order valence-corrected chi connectivity index (χ2v) is 5.27. The van der Waals surface area contributed by atoms with E-state index in [1.54, 1.807) is 0 Å². The van der Waals surface area contributed by atoms with E-state index in [0.29, 0.717) is 6.54 Å². The van der Waals surface area contributed by atoms with Gasteiger partial charge in [0.15, 0.2) is 0 Å². The smallest absolute Gasteiger partial charge is 0.0400 e. The van der Waals surface area contributed by atoms with Gasteiger partial charge in [0.1, 0.15) is 0 Å². The van der Waals surface area contributed by atoms with E-state index >= 15 is 0 Å². The molecule has 0 unspecified atom stereocenters. The molecule has 0 amide bonds. The fourth-order valence-electron chi connectivity index (χ4n) is 2.16. The molecule has 3 heteroatoms. The molecule has 2 aromatic carbocycles. The van der Waals surface area contributed by atoms with Gasteiger partial charge >= 0.3 is 0 Å². The van der Waals surface area contributed by atoms with Crippen LogP contribution in [0.2, 0.25) is 0 Å². The van der Waals surface area contributed by atoms with Crippen LogP contribution in [0.4, 0.5) is 11.4 Å². The Labute approximate surface area is 121 Å². The van der Waals surface area contributed by atoms with Crippen molar-refractivity contribution in [2.24, 2.45) is 5.73 Å². The average Bonchev–Trinajstić information content (AvgIpc) is 2.46. The molecule has 0 bridgehead atoms. The van der Waals surface area contributed by atoms with Gasteiger partial charge in [-0.3, -0.25) is 0 Å². The van der Waals surface area contributed by atoms with Gasteiger partial charge in [0.05, 0.1) is 0 Å². The number of anilines is 2. The first kappa shape index (κ1) is 14.4. The highest BCUT2D eigenvalue weighted by atomic mass is 15.1. The van der Waals surface area contributed by atoms with Crippen molar-refractivity contribution in [1.29, 1.82) is 0 Å². The largest absolute Gasteiger partial charge is 0.381 e. The molecule has 106 valence electrons. The topological polar surface area (TPSA) is 41.3 Å². The first-order chi connectivity index (χ1) is 9.60. The molecule has 20 heavy (non-hydrogen) atoms. The minimum Gasteiger partial charge on any atom is -0.381 e. The summed E-state index contributed by atoms with van der Waals surface area (Å²) in [6, 6.07) is 14.9. The summed E-state index contributed by atoms with van der Waals surface area (Å²) in [6.07, 6.45) is 0. The van der Waals surface area contributed by atoms with Gasteiger partial charge in [0.2, 0.25) is 0 Å². The minimum absolute atomic E-state index is 0.590. The molecule has 0 aliphatic carbocycles. The van der Waals surface area contributed by atoms with Crippen LogP contribution in [0.1, 0.15) is 16.7 Å². The highest BCUT2D eigenvalue weighted by Gasteiger charge is 2.00. The van der Waals surface area contributed by atoms with Crippen LogP contribution < -0.4 is 16.0 Å². The monoisotopic (exact) mass is 269 g/mol. The quantitative estimate of drug-likeness (QED) is 0.876. The maximum Gasteiger partial charge on any atom is 0.0400 e. The number of benzene rings is 2. The predicted molar refractivity (Wildman–Crippen MR) is 87.2 cm³/mol. The summed E-state index contributed by atoms with van der Waals surface area (Å²) in [5.41, 5.74) is 11.7. The summed E-state index contributed by atoms with van der Waals surface area (Å²) in [5.74, 6) is 0. The van der Waals surface area contributed by atoms with Crippen LogP contribution >= 0.6 is 0 Å². The average molecular weight is 269 g/mol. The number of aryl methyl sites for hydroxylation is 1. The Morgan fingerprint density at radius 3 is 2.20 bits per heavy atom. The predicted octanol–water partition coefficient (Wildman–Crippen LogP) is 3.13. The van der Waals surface area contributed by atoms with Crippen molar-refractivity contribution in [3.63, 3.8) is 0 Å². The highest BCUT2D eigenvalue weighted by molar-refractivity contribution is 5.53. The molecule has 0 atom stereocenters. The zero-order valence-corrected chi connectivity index (χ0v) is 12.5. The molecule has 3 nitrogen and oxygen atoms in total. The summed E-state index contributed by atoms with van der Waals surface area (Å²) in [6.45, 7) is 3.53. The minimum atomic E-state index is 0.590. The van der Waals surface area contributed by atoms with Gasteiger partial charge in [-0.25, -0.2) is 0 Å². The maximum atomic E-state index is 5.65. The molecular weight excluding hydrogens is 246 g/mol. The van der Waals surface area contributed by atoms with Gasteiger partial charge in [-0.2, -0.15) is 0 Å². The van der Waals surface area contributed by atoms with Crippen molar-refractivity contribution in [3.8, 4) is 0 Å². The maximum absolute atomic E-state index is 5.65. The molecule has 0 fully saturated rings. The second kappa shape index (κ2) is 6.44. The molecule has 0 aromatic heterocycles. The van der Waals surface area contributed by atoms with Crippen LogP contribution in [0.15, 0.2) is 42.5 Å². The van der Waals surface area contributed by atoms with Gasteiger partial charge in [0, 0.05) is 38.6 Å². The van der Waals surface area contributed by atoms with Crippen molar-refractivity contribution >= 4 is 11.4 Å². The van der Waals surface area contributed by atoms with E-state index < -0.39 is 0 Å². The van der Waals surface area contributed by atoms with E-state index in [1.165, 1.54) is 28.1 Å². The van der Waals surface area contributed by atoms with E-state index in [2.05, 4.69) is 73.7 Å². The Bertz CT molecular complexity index is 559. The summed E-state index contributed by atoms with van der Waals surface area (Å²) in [5, 5.41) is 3.47. The Morgan fingerprint density at radius 1 is 1.00 bits per heavy atom. The van der Waals surface area contributed by atoms with Crippen LogP contribution in [0.3, 0.4) is 0 Å². The Morgan fingerprint density at radius 2 is 1.65 bits per heavy atom. The third-order valence-corrected chi connectivity index (χ3v) is 3.46. The lowest BCUT2D eigenvalue weighted by Crippen LogP contribution is -2.08. The molecule has 3 N–H and O–H groups in total. The van der Waals surface area contributed by atoms with E-state index in [4.69, 9.17) is 5.73 Å². The Balaban J connectivity index is 2.01. The van der Waals surface area contributed by atoms with Gasteiger partial charge < -0.3 is 16.0 Å². The van der Waals surface area contributed by atoms with E-state index in [9.17, 15) is 0 Å². The van der Waals surface area contributed by atoms with E-state index in [0.717, 1.165) is 6.54 Å². The number of nitrogens with two attached hydrogens (primary N) is 1. The van der Waals surface area contributed by atoms with Crippen LogP contribution in [0, 0.1) is 6.92 Å². The molecule has 0 saturated heterocycles. The van der Waals surface area contributed by atoms with Crippen LogP contribution in [-0.2, 0) is 13.1 Å². The highest BCUT2D eigenvalue weighted by Crippen LogP contribution is 2.18. The Hall–Kier alpha value is -2.00. The summed E-state index contributed by atoms with van der Waals surface area (Å²) >= 11 is 0. The Kier molecular flexibility index (Phi) is 4.64. The molecule has 0 aliphatic rings. The van der Waals surface area contributed by atoms with Crippen molar-refractivity contribution in [1.82, 2.24) is 0 Å². The molecule has 2 rings (SSSR count). The third kappa shape index (κ3) is 3.52. The second-order valence-electron chi connectivity index (χ2n) is 5.27. The lowest BCUT2D eigenvalue weighted by Gasteiger charge is -2.14. The first-order valence-electron chi connectivity index (χ1n) is 6.90. The molecule has 2 aromatic rings. The molecular formula is C17H23N3. The number of hydrogen-bond acceptors (Lipinski definition) is 3. The zero-order chi connectivity index (χ0) is 14.5. The SMILES string of the molecule is Cc1cc(CN)ccc1NCc1ccc(N(C)C)cc1. The summed E-state index contributed by atoms with van der Waals surface area (Å²) in [4.78, 5) is 2.10. The van der Waals surface area contributed by atoms with Gasteiger partial charge in [0.25, 0.3) is 0 Å². The van der Waals surface area contributed by atoms with Crippen molar-refractivity contribution < 1.29 is 0 Å². The zero-order valence-electron chi connectivity index (χ0n) is 12.5. The van der Waals surface area contributed by atoms with Gasteiger partial charge in [-0.15, -0.1) is 0 Å². The van der Waals surface area contributed by atoms with E-state index in [1.807, 2.05) is 0 Å². The molecule has 0 heterocycles. The number of nitrogens with zero attached hydrogens (tertiary/aromatic N) is 1. The van der Waals surface area contributed by atoms with Crippen molar-refractivity contribution in [3.05, 3.63) is 59.2 Å². The van der Waals surface area contributed by atoms with Gasteiger partial charge in [-0.1, -0.05) is 24.3 Å².